The van der Waals surface area contributed by atoms with E-state index in [1.807, 2.05) is 6.92 Å². The second kappa shape index (κ2) is 8.34. The Bertz CT molecular complexity index is 1020. The molecule has 1 N–H and O–H groups in total. The van der Waals surface area contributed by atoms with Crippen molar-refractivity contribution >= 4 is 5.91 Å². The first-order valence-corrected chi connectivity index (χ1v) is 8.58. The van der Waals surface area contributed by atoms with Crippen LogP contribution in [0.25, 0.3) is 0 Å². The fourth-order valence-corrected chi connectivity index (χ4v) is 2.58. The summed E-state index contributed by atoms with van der Waals surface area (Å²) in [7, 11) is 1.80. The minimum Gasteiger partial charge on any atom is -0.483 e. The quantitative estimate of drug-likeness (QED) is 0.500. The first-order valence-electron chi connectivity index (χ1n) is 8.58. The standard InChI is InChI=1S/C20H17F4N3O2/c1-11-14(9-26-27(11)2)8-25-20(28)13-5-3-12(4-6-13)10-29-19-17(23)15(21)7-16(22)18(19)24/h3-7,9H,8,10H2,1-2H3,(H,25,28). The lowest BCUT2D eigenvalue weighted by Crippen LogP contribution is -2.23. The van der Waals surface area contributed by atoms with Crippen LogP contribution in [0.4, 0.5) is 17.6 Å². The molecule has 0 radical (unpaired) electrons. The zero-order valence-electron chi connectivity index (χ0n) is 15.6. The highest BCUT2D eigenvalue weighted by molar-refractivity contribution is 5.94. The van der Waals surface area contributed by atoms with Crippen molar-refractivity contribution < 1.29 is 27.1 Å². The zero-order valence-corrected chi connectivity index (χ0v) is 15.6. The summed E-state index contributed by atoms with van der Waals surface area (Å²) in [6.45, 7) is 1.86. The molecule has 5 nitrogen and oxygen atoms in total. The molecule has 3 aromatic rings. The predicted molar refractivity (Wildman–Crippen MR) is 96.2 cm³/mol. The molecular weight excluding hydrogens is 390 g/mol. The largest absolute Gasteiger partial charge is 0.483 e. The van der Waals surface area contributed by atoms with E-state index in [2.05, 4.69) is 10.4 Å². The van der Waals surface area contributed by atoms with Crippen LogP contribution < -0.4 is 10.1 Å². The predicted octanol–water partition coefficient (Wildman–Crippen LogP) is 3.79. The average molecular weight is 407 g/mol. The Morgan fingerprint density at radius 3 is 2.28 bits per heavy atom. The third kappa shape index (κ3) is 4.39. The molecule has 0 saturated carbocycles. The summed E-state index contributed by atoms with van der Waals surface area (Å²) in [5.74, 6) is -7.75. The Kier molecular flexibility index (Phi) is 5.86. The molecule has 0 spiro atoms. The van der Waals surface area contributed by atoms with Gasteiger partial charge < -0.3 is 10.1 Å². The number of carbonyl (C=O) groups excluding carboxylic acids is 1. The van der Waals surface area contributed by atoms with E-state index in [4.69, 9.17) is 4.74 Å². The lowest BCUT2D eigenvalue weighted by Gasteiger charge is -2.10. The summed E-state index contributed by atoms with van der Waals surface area (Å²) in [5, 5.41) is 6.87. The van der Waals surface area contributed by atoms with E-state index >= 15 is 0 Å². The van der Waals surface area contributed by atoms with Gasteiger partial charge in [0.1, 0.15) is 6.61 Å². The topological polar surface area (TPSA) is 56.1 Å². The third-order valence-electron chi connectivity index (χ3n) is 4.45. The van der Waals surface area contributed by atoms with E-state index < -0.39 is 29.0 Å². The molecule has 3 rings (SSSR count). The van der Waals surface area contributed by atoms with Gasteiger partial charge in [-0.25, -0.2) is 8.78 Å². The van der Waals surface area contributed by atoms with Crippen molar-refractivity contribution in [1.82, 2.24) is 15.1 Å². The van der Waals surface area contributed by atoms with Gasteiger partial charge >= 0.3 is 0 Å². The number of carbonyl (C=O) groups is 1. The van der Waals surface area contributed by atoms with Crippen LogP contribution in [0.15, 0.2) is 36.5 Å². The Morgan fingerprint density at radius 1 is 1.10 bits per heavy atom. The summed E-state index contributed by atoms with van der Waals surface area (Å²) >= 11 is 0. The van der Waals surface area contributed by atoms with Crippen LogP contribution in [0.3, 0.4) is 0 Å². The molecule has 1 aromatic heterocycles. The molecule has 0 aliphatic heterocycles. The highest BCUT2D eigenvalue weighted by Gasteiger charge is 2.20. The number of aryl methyl sites for hydroxylation is 1. The minimum atomic E-state index is -1.61. The average Bonchev–Trinajstić information content (AvgIpc) is 3.03. The number of aromatic nitrogens is 2. The smallest absolute Gasteiger partial charge is 0.251 e. The first-order chi connectivity index (χ1) is 13.8. The summed E-state index contributed by atoms with van der Waals surface area (Å²) in [4.78, 5) is 12.2. The number of halogens is 4. The molecule has 0 aliphatic rings. The third-order valence-corrected chi connectivity index (χ3v) is 4.45. The Hall–Kier alpha value is -3.36. The number of benzene rings is 2. The molecule has 1 amide bonds. The number of hydrogen-bond acceptors (Lipinski definition) is 3. The summed E-state index contributed by atoms with van der Waals surface area (Å²) < 4.78 is 60.2. The molecule has 0 fully saturated rings. The van der Waals surface area contributed by atoms with Crippen LogP contribution in [0.1, 0.15) is 27.2 Å². The molecule has 0 saturated heterocycles. The highest BCUT2D eigenvalue weighted by Crippen LogP contribution is 2.27. The van der Waals surface area contributed by atoms with Crippen molar-refractivity contribution in [3.8, 4) is 5.75 Å². The molecule has 2 aromatic carbocycles. The van der Waals surface area contributed by atoms with Crippen LogP contribution in [0.5, 0.6) is 5.75 Å². The highest BCUT2D eigenvalue weighted by atomic mass is 19.2. The molecule has 0 atom stereocenters. The van der Waals surface area contributed by atoms with Crippen LogP contribution in [0, 0.1) is 30.2 Å². The van der Waals surface area contributed by atoms with Gasteiger partial charge in [0, 0.05) is 36.5 Å². The summed E-state index contributed by atoms with van der Waals surface area (Å²) in [6, 6.07) is 6.13. The molecular formula is C20H17F4N3O2. The number of ether oxygens (including phenoxy) is 1. The monoisotopic (exact) mass is 407 g/mol. The van der Waals surface area contributed by atoms with Gasteiger partial charge in [-0.3, -0.25) is 9.48 Å². The van der Waals surface area contributed by atoms with Gasteiger partial charge in [0.15, 0.2) is 17.4 Å². The van der Waals surface area contributed by atoms with Crippen LogP contribution in [-0.4, -0.2) is 15.7 Å². The van der Waals surface area contributed by atoms with Gasteiger partial charge in [-0.2, -0.15) is 13.9 Å². The van der Waals surface area contributed by atoms with E-state index in [0.717, 1.165) is 11.3 Å². The fraction of sp³-hybridized carbons (Fsp3) is 0.200. The molecule has 29 heavy (non-hydrogen) atoms. The second-order valence-corrected chi connectivity index (χ2v) is 6.34. The number of amides is 1. The first kappa shape index (κ1) is 20.4. The molecule has 9 heteroatoms. The number of hydrogen-bond donors (Lipinski definition) is 1. The van der Waals surface area contributed by atoms with E-state index in [0.29, 0.717) is 17.7 Å². The van der Waals surface area contributed by atoms with E-state index in [1.54, 1.807) is 17.9 Å². The lowest BCUT2D eigenvalue weighted by atomic mass is 10.1. The van der Waals surface area contributed by atoms with Crippen LogP contribution in [0.2, 0.25) is 0 Å². The Labute approximate surface area is 163 Å². The van der Waals surface area contributed by atoms with Crippen molar-refractivity contribution in [1.29, 1.82) is 0 Å². The molecule has 0 aliphatic carbocycles. The minimum absolute atomic E-state index is 0.109. The molecule has 0 bridgehead atoms. The number of nitrogens with zero attached hydrogens (tertiary/aromatic N) is 2. The maximum Gasteiger partial charge on any atom is 0.251 e. The van der Waals surface area contributed by atoms with E-state index in [1.165, 1.54) is 24.3 Å². The van der Waals surface area contributed by atoms with Crippen LogP contribution >= 0.6 is 0 Å². The van der Waals surface area contributed by atoms with Crippen molar-refractivity contribution in [2.45, 2.75) is 20.1 Å². The number of nitrogens with one attached hydrogen (secondary N) is 1. The van der Waals surface area contributed by atoms with Crippen LogP contribution in [-0.2, 0) is 20.2 Å². The molecule has 0 unspecified atom stereocenters. The van der Waals surface area contributed by atoms with Gasteiger partial charge in [0.2, 0.25) is 11.6 Å². The van der Waals surface area contributed by atoms with Gasteiger partial charge in [0.05, 0.1) is 6.20 Å². The maximum atomic E-state index is 13.6. The summed E-state index contributed by atoms with van der Waals surface area (Å²) in [6.07, 6.45) is 1.67. The van der Waals surface area contributed by atoms with Gasteiger partial charge in [-0.05, 0) is 24.6 Å². The lowest BCUT2D eigenvalue weighted by molar-refractivity contribution is 0.0951. The molecule has 152 valence electrons. The maximum absolute atomic E-state index is 13.6. The van der Waals surface area contributed by atoms with Crippen molar-refractivity contribution in [2.24, 2.45) is 7.05 Å². The van der Waals surface area contributed by atoms with E-state index in [9.17, 15) is 22.4 Å². The van der Waals surface area contributed by atoms with Gasteiger partial charge in [-0.15, -0.1) is 0 Å². The molecule has 1 heterocycles. The van der Waals surface area contributed by atoms with Crippen molar-refractivity contribution in [3.05, 3.63) is 82.2 Å². The normalized spacial score (nSPS) is 10.8. The van der Waals surface area contributed by atoms with Gasteiger partial charge in [-0.1, -0.05) is 12.1 Å². The summed E-state index contributed by atoms with van der Waals surface area (Å²) in [5.41, 5.74) is 2.64. The van der Waals surface area contributed by atoms with Gasteiger partial charge in [0.25, 0.3) is 5.91 Å². The fourth-order valence-electron chi connectivity index (χ4n) is 2.58. The van der Waals surface area contributed by atoms with E-state index in [-0.39, 0.29) is 18.6 Å². The Morgan fingerprint density at radius 2 is 1.72 bits per heavy atom. The number of rotatable bonds is 6. The second-order valence-electron chi connectivity index (χ2n) is 6.34. The van der Waals surface area contributed by atoms with Crippen molar-refractivity contribution in [3.63, 3.8) is 0 Å². The van der Waals surface area contributed by atoms with Crippen molar-refractivity contribution in [2.75, 3.05) is 0 Å². The zero-order chi connectivity index (χ0) is 21.1. The SMILES string of the molecule is Cc1c(CNC(=O)c2ccc(COc3c(F)c(F)cc(F)c3F)cc2)cnn1C. The Balaban J connectivity index is 1.62.